The molecule has 0 spiro atoms. The third-order valence-electron chi connectivity index (χ3n) is 5.88. The van der Waals surface area contributed by atoms with Crippen LogP contribution >= 0.6 is 0 Å². The van der Waals surface area contributed by atoms with E-state index in [0.29, 0.717) is 34.9 Å². The summed E-state index contributed by atoms with van der Waals surface area (Å²) >= 11 is 0. The summed E-state index contributed by atoms with van der Waals surface area (Å²) in [5.74, 6) is 0.382. The Morgan fingerprint density at radius 2 is 1.97 bits per heavy atom. The van der Waals surface area contributed by atoms with Gasteiger partial charge < -0.3 is 19.7 Å². The zero-order chi connectivity index (χ0) is 23.8. The lowest BCUT2D eigenvalue weighted by Crippen LogP contribution is -2.34. The third kappa shape index (κ3) is 4.98. The first-order chi connectivity index (χ1) is 15.7. The van der Waals surface area contributed by atoms with Gasteiger partial charge in [-0.25, -0.2) is 8.42 Å². The molecule has 33 heavy (non-hydrogen) atoms. The molecule has 2 amide bonds. The van der Waals surface area contributed by atoms with Gasteiger partial charge in [-0.3, -0.25) is 9.59 Å². The minimum Gasteiger partial charge on any atom is -0.493 e. The maximum atomic E-state index is 13.5. The summed E-state index contributed by atoms with van der Waals surface area (Å²) in [5.41, 5.74) is 2.28. The Morgan fingerprint density at radius 1 is 1.21 bits per heavy atom. The van der Waals surface area contributed by atoms with E-state index in [0.717, 1.165) is 24.7 Å². The van der Waals surface area contributed by atoms with Crippen LogP contribution in [0.3, 0.4) is 0 Å². The zero-order valence-electron chi connectivity index (χ0n) is 19.0. The van der Waals surface area contributed by atoms with Crippen molar-refractivity contribution in [3.05, 3.63) is 53.1 Å². The molecule has 2 aliphatic rings. The van der Waals surface area contributed by atoms with Gasteiger partial charge in [-0.15, -0.1) is 0 Å². The van der Waals surface area contributed by atoms with Gasteiger partial charge in [0.2, 0.25) is 5.91 Å². The number of fused-ring (bicyclic) bond motifs is 1. The van der Waals surface area contributed by atoms with Crippen LogP contribution in [0, 0.1) is 5.92 Å². The molecule has 4 rings (SSSR count). The highest BCUT2D eigenvalue weighted by Crippen LogP contribution is 2.39. The Kier molecular flexibility index (Phi) is 6.34. The van der Waals surface area contributed by atoms with Crippen LogP contribution in [-0.4, -0.2) is 50.9 Å². The molecule has 1 N–H and O–H groups in total. The van der Waals surface area contributed by atoms with E-state index >= 15 is 0 Å². The minimum atomic E-state index is -3.43. The van der Waals surface area contributed by atoms with Crippen LogP contribution in [0.25, 0.3) is 0 Å². The second kappa shape index (κ2) is 9.05. The summed E-state index contributed by atoms with van der Waals surface area (Å²) in [6.07, 6.45) is 2.87. The Morgan fingerprint density at radius 3 is 2.61 bits per heavy atom. The van der Waals surface area contributed by atoms with Gasteiger partial charge in [0, 0.05) is 18.7 Å². The molecule has 0 aromatic heterocycles. The van der Waals surface area contributed by atoms with E-state index in [9.17, 15) is 18.0 Å². The number of rotatable bonds is 9. The van der Waals surface area contributed by atoms with E-state index in [2.05, 4.69) is 5.32 Å². The number of anilines is 1. The number of ether oxygens (including phenoxy) is 2. The van der Waals surface area contributed by atoms with Gasteiger partial charge in [0.05, 0.1) is 36.8 Å². The number of benzene rings is 2. The molecule has 2 aromatic carbocycles. The molecular formula is C24H28N2O6S. The van der Waals surface area contributed by atoms with Gasteiger partial charge in [0.15, 0.2) is 11.5 Å². The SMILES string of the molecule is CCOc1cc([C@H](CS(C)(=O)=O)N2Cc3cccc(NC(=O)C4CC4)c3C2=O)ccc1OC. The summed E-state index contributed by atoms with van der Waals surface area (Å²) in [7, 11) is -1.90. The number of hydrogen-bond acceptors (Lipinski definition) is 6. The lowest BCUT2D eigenvalue weighted by molar-refractivity contribution is -0.117. The average molecular weight is 473 g/mol. The molecular weight excluding hydrogens is 444 g/mol. The number of carbonyl (C=O) groups excluding carboxylic acids is 2. The fourth-order valence-corrected chi connectivity index (χ4v) is 5.09. The summed E-state index contributed by atoms with van der Waals surface area (Å²) in [6.45, 7) is 2.50. The average Bonchev–Trinajstić information content (AvgIpc) is 3.56. The van der Waals surface area contributed by atoms with Gasteiger partial charge >= 0.3 is 0 Å². The van der Waals surface area contributed by atoms with E-state index in [1.54, 1.807) is 35.2 Å². The summed E-state index contributed by atoms with van der Waals surface area (Å²) < 4.78 is 35.7. The predicted octanol–water partition coefficient (Wildman–Crippen LogP) is 3.18. The third-order valence-corrected chi connectivity index (χ3v) is 6.80. The van der Waals surface area contributed by atoms with Crippen molar-refractivity contribution in [2.75, 3.05) is 31.0 Å². The van der Waals surface area contributed by atoms with Gasteiger partial charge in [-0.2, -0.15) is 0 Å². The topological polar surface area (TPSA) is 102 Å². The van der Waals surface area contributed by atoms with Crippen molar-refractivity contribution in [3.63, 3.8) is 0 Å². The van der Waals surface area contributed by atoms with Crippen molar-refractivity contribution in [3.8, 4) is 11.5 Å². The first-order valence-electron chi connectivity index (χ1n) is 10.9. The number of amides is 2. The number of methoxy groups -OCH3 is 1. The molecule has 2 aromatic rings. The Labute approximate surface area is 193 Å². The lowest BCUT2D eigenvalue weighted by Gasteiger charge is -2.28. The van der Waals surface area contributed by atoms with Crippen molar-refractivity contribution < 1.29 is 27.5 Å². The summed E-state index contributed by atoms with van der Waals surface area (Å²) in [5, 5.41) is 2.88. The molecule has 1 atom stereocenters. The van der Waals surface area contributed by atoms with Crippen molar-refractivity contribution in [2.45, 2.75) is 32.4 Å². The number of hydrogen-bond donors (Lipinski definition) is 1. The minimum absolute atomic E-state index is 0.00253. The Hall–Kier alpha value is -3.07. The van der Waals surface area contributed by atoms with Crippen LogP contribution < -0.4 is 14.8 Å². The lowest BCUT2D eigenvalue weighted by atomic mass is 10.1. The molecule has 1 aliphatic carbocycles. The number of nitrogens with zero attached hydrogens (tertiary/aromatic N) is 1. The number of sulfone groups is 1. The highest BCUT2D eigenvalue weighted by atomic mass is 32.2. The van der Waals surface area contributed by atoms with Crippen LogP contribution in [0.1, 0.15) is 47.3 Å². The number of nitrogens with one attached hydrogen (secondary N) is 1. The van der Waals surface area contributed by atoms with Crippen LogP contribution in [-0.2, 0) is 21.2 Å². The molecule has 1 saturated carbocycles. The summed E-state index contributed by atoms with van der Waals surface area (Å²) in [6, 6.07) is 9.81. The zero-order valence-corrected chi connectivity index (χ0v) is 19.8. The van der Waals surface area contributed by atoms with Crippen LogP contribution in [0.5, 0.6) is 11.5 Å². The van der Waals surface area contributed by atoms with Gasteiger partial charge in [0.1, 0.15) is 9.84 Å². The molecule has 1 heterocycles. The molecule has 9 heteroatoms. The van der Waals surface area contributed by atoms with Crippen LogP contribution in [0.2, 0.25) is 0 Å². The highest BCUT2D eigenvalue weighted by Gasteiger charge is 2.38. The normalized spacial score (nSPS) is 16.3. The standard InChI is InChI=1S/C24H28N2O6S/c1-4-32-21-12-16(10-11-20(21)31-2)19(14-33(3,29)30)26-13-17-6-5-7-18(22(17)24(26)28)25-23(27)15-8-9-15/h5-7,10-12,15,19H,4,8-9,13-14H2,1-3H3,(H,25,27)/t19-/m0/s1. The second-order valence-electron chi connectivity index (χ2n) is 8.49. The predicted molar refractivity (Wildman–Crippen MR) is 124 cm³/mol. The van der Waals surface area contributed by atoms with Crippen molar-refractivity contribution in [2.24, 2.45) is 5.92 Å². The largest absolute Gasteiger partial charge is 0.493 e. The van der Waals surface area contributed by atoms with Gasteiger partial charge in [-0.1, -0.05) is 18.2 Å². The first-order valence-corrected chi connectivity index (χ1v) is 13.0. The second-order valence-corrected chi connectivity index (χ2v) is 10.7. The van der Waals surface area contributed by atoms with E-state index in [-0.39, 0.29) is 30.0 Å². The van der Waals surface area contributed by atoms with Crippen LogP contribution in [0.15, 0.2) is 36.4 Å². The molecule has 176 valence electrons. The quantitative estimate of drug-likeness (QED) is 0.601. The maximum Gasteiger partial charge on any atom is 0.257 e. The van der Waals surface area contributed by atoms with Gasteiger partial charge in [-0.05, 0) is 49.1 Å². The maximum absolute atomic E-state index is 13.5. The first kappa shape index (κ1) is 23.1. The fraction of sp³-hybridized carbons (Fsp3) is 0.417. The molecule has 0 unspecified atom stereocenters. The smallest absolute Gasteiger partial charge is 0.257 e. The monoisotopic (exact) mass is 472 g/mol. The van der Waals surface area contributed by atoms with Crippen molar-refractivity contribution >= 4 is 27.3 Å². The van der Waals surface area contributed by atoms with E-state index in [4.69, 9.17) is 9.47 Å². The molecule has 8 nitrogen and oxygen atoms in total. The Bertz CT molecular complexity index is 1190. The molecule has 0 bridgehead atoms. The van der Waals surface area contributed by atoms with E-state index < -0.39 is 15.9 Å². The molecule has 0 radical (unpaired) electrons. The van der Waals surface area contributed by atoms with Crippen LogP contribution in [0.4, 0.5) is 5.69 Å². The summed E-state index contributed by atoms with van der Waals surface area (Å²) in [4.78, 5) is 27.4. The Balaban J connectivity index is 1.70. The van der Waals surface area contributed by atoms with Crippen molar-refractivity contribution in [1.29, 1.82) is 0 Å². The molecule has 0 saturated heterocycles. The fourth-order valence-electron chi connectivity index (χ4n) is 4.14. The van der Waals surface area contributed by atoms with Crippen molar-refractivity contribution in [1.82, 2.24) is 4.90 Å². The van der Waals surface area contributed by atoms with E-state index in [1.807, 2.05) is 13.0 Å². The highest BCUT2D eigenvalue weighted by molar-refractivity contribution is 7.90. The molecule has 1 aliphatic heterocycles. The number of carbonyl (C=O) groups is 2. The van der Waals surface area contributed by atoms with E-state index in [1.165, 1.54) is 7.11 Å². The molecule has 1 fully saturated rings. The van der Waals surface area contributed by atoms with Gasteiger partial charge in [0.25, 0.3) is 5.91 Å².